The molecule has 1 amide bonds. The Morgan fingerprint density at radius 2 is 2.09 bits per heavy atom. The van der Waals surface area contributed by atoms with Crippen molar-refractivity contribution in [3.8, 4) is 0 Å². The lowest BCUT2D eigenvalue weighted by Crippen LogP contribution is -2.18. The summed E-state index contributed by atoms with van der Waals surface area (Å²) in [6.07, 6.45) is 5.56. The molecule has 0 saturated carbocycles. The van der Waals surface area contributed by atoms with Gasteiger partial charge in [0.25, 0.3) is 5.91 Å². The Kier molecular flexibility index (Phi) is 3.74. The number of nitrogens with one attached hydrogen (secondary N) is 1. The number of carbonyl (C=O) groups is 1. The van der Waals surface area contributed by atoms with Crippen LogP contribution in [-0.4, -0.2) is 17.1 Å². The largest absolute Gasteiger partial charge is 0.463 e. The average Bonchev–Trinajstić information content (AvgIpc) is 2.58. The lowest BCUT2D eigenvalue weighted by Gasteiger charge is -1.99. The number of benzene rings is 1. The topological polar surface area (TPSA) is 84.6 Å². The first kappa shape index (κ1) is 13.7. The van der Waals surface area contributed by atoms with Crippen LogP contribution in [0.2, 0.25) is 0 Å². The van der Waals surface area contributed by atoms with Crippen molar-refractivity contribution in [2.24, 2.45) is 5.10 Å². The number of hydrazone groups is 1. The predicted molar refractivity (Wildman–Crippen MR) is 81.8 cm³/mol. The second kappa shape index (κ2) is 6.01. The molecule has 0 fully saturated rings. The maximum absolute atomic E-state index is 12.2. The first-order valence-corrected chi connectivity index (χ1v) is 6.49. The Morgan fingerprint density at radius 1 is 1.23 bits per heavy atom. The van der Waals surface area contributed by atoms with Gasteiger partial charge in [0, 0.05) is 12.4 Å². The highest BCUT2D eigenvalue weighted by Gasteiger charge is 2.05. The van der Waals surface area contributed by atoms with Crippen molar-refractivity contribution in [2.75, 3.05) is 0 Å². The average molecular weight is 293 g/mol. The second-order valence-electron chi connectivity index (χ2n) is 4.46. The molecule has 0 bridgehead atoms. The molecular weight excluding hydrogens is 282 g/mol. The van der Waals surface area contributed by atoms with Crippen LogP contribution >= 0.6 is 0 Å². The fraction of sp³-hybridized carbons (Fsp3) is 0. The van der Waals surface area contributed by atoms with E-state index in [-0.39, 0.29) is 11.0 Å². The third kappa shape index (κ3) is 2.76. The molecule has 0 aliphatic rings. The Bertz CT molecular complexity index is 901. The Morgan fingerprint density at radius 3 is 2.91 bits per heavy atom. The molecule has 2 aromatic heterocycles. The Labute approximate surface area is 125 Å². The molecule has 0 aliphatic heterocycles. The summed E-state index contributed by atoms with van der Waals surface area (Å²) in [5.41, 5.74) is 3.26. The van der Waals surface area contributed by atoms with Crippen molar-refractivity contribution in [1.82, 2.24) is 10.4 Å². The number of pyridine rings is 1. The third-order valence-electron chi connectivity index (χ3n) is 3.00. The minimum absolute atomic E-state index is 0.207. The number of hydrogen-bond acceptors (Lipinski definition) is 5. The molecule has 6 nitrogen and oxygen atoms in total. The van der Waals surface area contributed by atoms with Crippen LogP contribution < -0.4 is 10.9 Å². The third-order valence-corrected chi connectivity index (χ3v) is 3.00. The maximum Gasteiger partial charge on any atom is 0.272 e. The van der Waals surface area contributed by atoms with E-state index in [0.29, 0.717) is 16.5 Å². The summed E-state index contributed by atoms with van der Waals surface area (Å²) in [7, 11) is 0. The number of hydrogen-bond donors (Lipinski definition) is 1. The van der Waals surface area contributed by atoms with Gasteiger partial charge < -0.3 is 4.42 Å². The molecule has 3 rings (SSSR count). The van der Waals surface area contributed by atoms with Gasteiger partial charge in [-0.3, -0.25) is 14.6 Å². The summed E-state index contributed by atoms with van der Waals surface area (Å²) < 4.78 is 5.35. The van der Waals surface area contributed by atoms with Gasteiger partial charge in [-0.1, -0.05) is 12.1 Å². The molecule has 0 atom stereocenters. The van der Waals surface area contributed by atoms with E-state index in [9.17, 15) is 9.59 Å². The molecule has 1 aromatic carbocycles. The first-order valence-electron chi connectivity index (χ1n) is 6.49. The highest BCUT2D eigenvalue weighted by molar-refractivity contribution is 5.94. The monoisotopic (exact) mass is 293 g/mol. The highest BCUT2D eigenvalue weighted by Crippen LogP contribution is 2.09. The molecule has 0 saturated heterocycles. The van der Waals surface area contributed by atoms with E-state index >= 15 is 0 Å². The van der Waals surface area contributed by atoms with Gasteiger partial charge in [0.1, 0.15) is 11.8 Å². The molecule has 0 aliphatic carbocycles. The van der Waals surface area contributed by atoms with Crippen LogP contribution in [-0.2, 0) is 0 Å². The van der Waals surface area contributed by atoms with Crippen LogP contribution in [0, 0.1) is 0 Å². The van der Waals surface area contributed by atoms with Gasteiger partial charge in [0.2, 0.25) is 5.43 Å². The van der Waals surface area contributed by atoms with E-state index in [0.717, 1.165) is 0 Å². The van der Waals surface area contributed by atoms with Gasteiger partial charge in [-0.2, -0.15) is 5.10 Å². The van der Waals surface area contributed by atoms with Crippen molar-refractivity contribution in [3.05, 3.63) is 76.4 Å². The lowest BCUT2D eigenvalue weighted by molar-refractivity contribution is 0.0955. The van der Waals surface area contributed by atoms with Gasteiger partial charge in [0.15, 0.2) is 0 Å². The first-order chi connectivity index (χ1) is 10.8. The molecule has 1 N–H and O–H groups in total. The zero-order chi connectivity index (χ0) is 15.4. The van der Waals surface area contributed by atoms with Crippen molar-refractivity contribution in [3.63, 3.8) is 0 Å². The van der Waals surface area contributed by atoms with E-state index < -0.39 is 5.91 Å². The fourth-order valence-electron chi connectivity index (χ4n) is 1.90. The molecule has 2 heterocycles. The summed E-state index contributed by atoms with van der Waals surface area (Å²) in [5, 5.41) is 4.24. The molecule has 6 heteroatoms. The molecule has 22 heavy (non-hydrogen) atoms. The van der Waals surface area contributed by atoms with E-state index in [1.165, 1.54) is 18.7 Å². The summed E-state index contributed by atoms with van der Waals surface area (Å²) >= 11 is 0. The van der Waals surface area contributed by atoms with Crippen LogP contribution in [0.1, 0.15) is 15.9 Å². The SMILES string of the molecule is O=C(N/N=C/c1coc2ccccc2c1=O)c1cccnc1. The smallest absolute Gasteiger partial charge is 0.272 e. The van der Waals surface area contributed by atoms with Crippen molar-refractivity contribution in [1.29, 1.82) is 0 Å². The van der Waals surface area contributed by atoms with Crippen LogP contribution in [0.25, 0.3) is 11.0 Å². The zero-order valence-corrected chi connectivity index (χ0v) is 11.4. The molecular formula is C16H11N3O3. The Hall–Kier alpha value is -3.28. The normalized spacial score (nSPS) is 10.9. The van der Waals surface area contributed by atoms with Gasteiger partial charge in [-0.25, -0.2) is 5.43 Å². The van der Waals surface area contributed by atoms with Crippen LogP contribution in [0.15, 0.2) is 69.4 Å². The fourth-order valence-corrected chi connectivity index (χ4v) is 1.90. The number of amides is 1. The van der Waals surface area contributed by atoms with Crippen LogP contribution in [0.4, 0.5) is 0 Å². The minimum Gasteiger partial charge on any atom is -0.463 e. The molecule has 3 aromatic rings. The minimum atomic E-state index is -0.408. The zero-order valence-electron chi connectivity index (χ0n) is 11.4. The quantitative estimate of drug-likeness (QED) is 0.591. The van der Waals surface area contributed by atoms with Crippen molar-refractivity contribution < 1.29 is 9.21 Å². The Balaban J connectivity index is 1.80. The summed E-state index contributed by atoms with van der Waals surface area (Å²) in [4.78, 5) is 27.8. The maximum atomic E-state index is 12.2. The number of fused-ring (bicyclic) bond motifs is 1. The summed E-state index contributed by atoms with van der Waals surface area (Å²) in [6, 6.07) is 10.2. The summed E-state index contributed by atoms with van der Waals surface area (Å²) in [6.45, 7) is 0. The number of nitrogens with zero attached hydrogens (tertiary/aromatic N) is 2. The summed E-state index contributed by atoms with van der Waals surface area (Å²) in [5.74, 6) is -0.408. The van der Waals surface area contributed by atoms with Gasteiger partial charge >= 0.3 is 0 Å². The van der Waals surface area contributed by atoms with E-state index in [4.69, 9.17) is 4.42 Å². The predicted octanol–water partition coefficient (Wildman–Crippen LogP) is 1.95. The lowest BCUT2D eigenvalue weighted by atomic mass is 10.2. The van der Waals surface area contributed by atoms with Crippen LogP contribution in [0.3, 0.4) is 0 Å². The van der Waals surface area contributed by atoms with Crippen LogP contribution in [0.5, 0.6) is 0 Å². The molecule has 0 unspecified atom stereocenters. The van der Waals surface area contributed by atoms with Gasteiger partial charge in [0.05, 0.1) is 22.7 Å². The van der Waals surface area contributed by atoms with Gasteiger partial charge in [-0.05, 0) is 24.3 Å². The highest BCUT2D eigenvalue weighted by atomic mass is 16.3. The standard InChI is InChI=1S/C16H11N3O3/c20-15-12(10-22-14-6-2-1-5-13(14)15)9-18-19-16(21)11-4-3-7-17-8-11/h1-10H,(H,19,21)/b18-9+. The van der Waals surface area contributed by atoms with Gasteiger partial charge in [-0.15, -0.1) is 0 Å². The molecule has 108 valence electrons. The number of carbonyl (C=O) groups excluding carboxylic acids is 1. The second-order valence-corrected chi connectivity index (χ2v) is 4.46. The van der Waals surface area contributed by atoms with Crippen molar-refractivity contribution >= 4 is 23.1 Å². The number of para-hydroxylation sites is 1. The van der Waals surface area contributed by atoms with Crippen molar-refractivity contribution in [2.45, 2.75) is 0 Å². The molecule has 0 radical (unpaired) electrons. The number of rotatable bonds is 3. The van der Waals surface area contributed by atoms with E-state index in [1.54, 1.807) is 42.6 Å². The van der Waals surface area contributed by atoms with E-state index in [1.807, 2.05) is 0 Å². The van der Waals surface area contributed by atoms with E-state index in [2.05, 4.69) is 15.5 Å². The number of aromatic nitrogens is 1. The molecule has 0 spiro atoms.